The summed E-state index contributed by atoms with van der Waals surface area (Å²) in [5, 5.41) is 2.88. The van der Waals surface area contributed by atoms with Crippen molar-refractivity contribution < 1.29 is 23.8 Å². The number of benzene rings is 2. The van der Waals surface area contributed by atoms with Crippen molar-refractivity contribution >= 4 is 11.7 Å². The molecule has 2 aromatic rings. The zero-order valence-corrected chi connectivity index (χ0v) is 15.5. The van der Waals surface area contributed by atoms with Crippen molar-refractivity contribution in [1.29, 1.82) is 0 Å². The lowest BCUT2D eigenvalue weighted by molar-refractivity contribution is -0.123. The highest BCUT2D eigenvalue weighted by atomic mass is 16.5. The molecule has 6 heteroatoms. The summed E-state index contributed by atoms with van der Waals surface area (Å²) in [5.74, 6) is 2.19. The molecule has 0 saturated heterocycles. The number of methoxy groups -OCH3 is 1. The second-order valence-corrected chi connectivity index (χ2v) is 6.53. The fourth-order valence-electron chi connectivity index (χ4n) is 2.92. The van der Waals surface area contributed by atoms with Crippen molar-refractivity contribution in [2.75, 3.05) is 26.9 Å². The normalized spacial score (nSPS) is 15.3. The average molecular weight is 369 g/mol. The molecule has 0 aliphatic carbocycles. The van der Waals surface area contributed by atoms with Gasteiger partial charge in [-0.1, -0.05) is 6.07 Å². The van der Waals surface area contributed by atoms with Crippen molar-refractivity contribution in [3.63, 3.8) is 0 Å². The van der Waals surface area contributed by atoms with E-state index < -0.39 is 0 Å². The van der Waals surface area contributed by atoms with Crippen LogP contribution in [-0.4, -0.2) is 38.6 Å². The Labute approximate surface area is 158 Å². The van der Waals surface area contributed by atoms with E-state index in [4.69, 9.17) is 14.2 Å². The lowest BCUT2D eigenvalue weighted by Gasteiger charge is -2.25. The quantitative estimate of drug-likeness (QED) is 0.760. The molecule has 0 fully saturated rings. The third-order valence-corrected chi connectivity index (χ3v) is 4.48. The van der Waals surface area contributed by atoms with Crippen molar-refractivity contribution in [3.8, 4) is 17.2 Å². The SMILES string of the molecule is COc1ccc2c(c1)OCC(CNC(=O)COc1ccc(C(C)=O)cc1)C2. The molecule has 0 saturated carbocycles. The number of fused-ring (bicyclic) bond motifs is 1. The molecule has 1 amide bonds. The molecule has 6 nitrogen and oxygen atoms in total. The standard InChI is InChI=1S/C21H23NO5/c1-14(23)16-3-6-18(7-4-16)26-13-21(24)22-11-15-9-17-5-8-19(25-2)10-20(17)27-12-15/h3-8,10,15H,9,11-13H2,1-2H3,(H,22,24). The molecule has 0 radical (unpaired) electrons. The van der Waals surface area contributed by atoms with E-state index in [1.165, 1.54) is 6.92 Å². The zero-order chi connectivity index (χ0) is 19.2. The van der Waals surface area contributed by atoms with Crippen LogP contribution in [-0.2, 0) is 11.2 Å². The molecule has 1 aliphatic rings. The Hall–Kier alpha value is -3.02. The second kappa shape index (κ2) is 8.58. The number of hydrogen-bond acceptors (Lipinski definition) is 5. The molecule has 0 bridgehead atoms. The Kier molecular flexibility index (Phi) is 5.96. The third-order valence-electron chi connectivity index (χ3n) is 4.48. The maximum atomic E-state index is 12.0. The van der Waals surface area contributed by atoms with Gasteiger partial charge < -0.3 is 19.5 Å². The number of ketones is 1. The molecular weight excluding hydrogens is 346 g/mol. The summed E-state index contributed by atoms with van der Waals surface area (Å²) in [6.45, 7) is 2.51. The van der Waals surface area contributed by atoms with Gasteiger partial charge in [-0.05, 0) is 49.2 Å². The van der Waals surface area contributed by atoms with Crippen LogP contribution in [0.25, 0.3) is 0 Å². The fourth-order valence-corrected chi connectivity index (χ4v) is 2.92. The Morgan fingerprint density at radius 1 is 1.15 bits per heavy atom. The van der Waals surface area contributed by atoms with E-state index in [1.807, 2.05) is 18.2 Å². The van der Waals surface area contributed by atoms with Crippen LogP contribution in [0.2, 0.25) is 0 Å². The number of ether oxygens (including phenoxy) is 3. The highest BCUT2D eigenvalue weighted by molar-refractivity contribution is 5.94. The third kappa shape index (κ3) is 5.00. The van der Waals surface area contributed by atoms with E-state index in [-0.39, 0.29) is 24.2 Å². The van der Waals surface area contributed by atoms with Crippen LogP contribution in [0, 0.1) is 5.92 Å². The van der Waals surface area contributed by atoms with E-state index in [0.717, 1.165) is 23.5 Å². The summed E-state index contributed by atoms with van der Waals surface area (Å²) in [6.07, 6.45) is 0.840. The van der Waals surface area contributed by atoms with Crippen LogP contribution in [0.3, 0.4) is 0 Å². The van der Waals surface area contributed by atoms with Gasteiger partial charge in [-0.15, -0.1) is 0 Å². The number of Topliss-reactive ketones (excluding diaryl/α,β-unsaturated/α-hetero) is 1. The molecule has 1 atom stereocenters. The van der Waals surface area contributed by atoms with Gasteiger partial charge in [0.25, 0.3) is 5.91 Å². The van der Waals surface area contributed by atoms with Gasteiger partial charge in [0.2, 0.25) is 0 Å². The first kappa shape index (κ1) is 18.8. The monoisotopic (exact) mass is 369 g/mol. The molecule has 2 aromatic carbocycles. The molecule has 142 valence electrons. The van der Waals surface area contributed by atoms with Crippen molar-refractivity contribution in [3.05, 3.63) is 53.6 Å². The van der Waals surface area contributed by atoms with Crippen LogP contribution in [0.4, 0.5) is 0 Å². The Balaban J connectivity index is 1.43. The topological polar surface area (TPSA) is 73.9 Å². The predicted molar refractivity (Wildman–Crippen MR) is 101 cm³/mol. The van der Waals surface area contributed by atoms with Gasteiger partial charge in [-0.3, -0.25) is 9.59 Å². The van der Waals surface area contributed by atoms with Crippen molar-refractivity contribution in [1.82, 2.24) is 5.32 Å². The van der Waals surface area contributed by atoms with Gasteiger partial charge in [-0.25, -0.2) is 0 Å². The van der Waals surface area contributed by atoms with E-state index in [0.29, 0.717) is 24.5 Å². The minimum atomic E-state index is -0.189. The van der Waals surface area contributed by atoms with Crippen molar-refractivity contribution in [2.45, 2.75) is 13.3 Å². The van der Waals surface area contributed by atoms with Crippen LogP contribution in [0.5, 0.6) is 17.2 Å². The Morgan fingerprint density at radius 3 is 2.59 bits per heavy atom. The number of nitrogens with one attached hydrogen (secondary N) is 1. The maximum absolute atomic E-state index is 12.0. The van der Waals surface area contributed by atoms with Gasteiger partial charge in [0, 0.05) is 24.1 Å². The van der Waals surface area contributed by atoms with Crippen LogP contribution >= 0.6 is 0 Å². The molecule has 1 unspecified atom stereocenters. The van der Waals surface area contributed by atoms with Crippen molar-refractivity contribution in [2.24, 2.45) is 5.92 Å². The predicted octanol–water partition coefficient (Wildman–Crippen LogP) is 2.64. The van der Waals surface area contributed by atoms with Gasteiger partial charge >= 0.3 is 0 Å². The minimum Gasteiger partial charge on any atom is -0.497 e. The molecule has 1 heterocycles. The van der Waals surface area contributed by atoms with Crippen LogP contribution < -0.4 is 19.5 Å². The Bertz CT molecular complexity index is 816. The molecular formula is C21H23NO5. The molecule has 27 heavy (non-hydrogen) atoms. The second-order valence-electron chi connectivity index (χ2n) is 6.53. The largest absolute Gasteiger partial charge is 0.497 e. The Morgan fingerprint density at radius 2 is 1.89 bits per heavy atom. The van der Waals surface area contributed by atoms with E-state index in [2.05, 4.69) is 5.32 Å². The lowest BCUT2D eigenvalue weighted by atomic mass is 9.96. The summed E-state index contributed by atoms with van der Waals surface area (Å²) in [4.78, 5) is 23.3. The molecule has 0 spiro atoms. The van der Waals surface area contributed by atoms with E-state index >= 15 is 0 Å². The van der Waals surface area contributed by atoms with Gasteiger partial charge in [-0.2, -0.15) is 0 Å². The highest BCUT2D eigenvalue weighted by Crippen LogP contribution is 2.30. The molecule has 1 N–H and O–H groups in total. The maximum Gasteiger partial charge on any atom is 0.257 e. The zero-order valence-electron chi connectivity index (χ0n) is 15.5. The number of carbonyl (C=O) groups excluding carboxylic acids is 2. The average Bonchev–Trinajstić information content (AvgIpc) is 2.70. The van der Waals surface area contributed by atoms with E-state index in [1.54, 1.807) is 31.4 Å². The van der Waals surface area contributed by atoms with Crippen LogP contribution in [0.15, 0.2) is 42.5 Å². The first-order valence-corrected chi connectivity index (χ1v) is 8.85. The molecule has 3 rings (SSSR count). The first-order chi connectivity index (χ1) is 13.0. The summed E-state index contributed by atoms with van der Waals surface area (Å²) in [6, 6.07) is 12.5. The first-order valence-electron chi connectivity index (χ1n) is 8.85. The highest BCUT2D eigenvalue weighted by Gasteiger charge is 2.21. The summed E-state index contributed by atoms with van der Waals surface area (Å²) >= 11 is 0. The van der Waals surface area contributed by atoms with Gasteiger partial charge in [0.1, 0.15) is 17.2 Å². The minimum absolute atomic E-state index is 0.00554. The molecule has 0 aromatic heterocycles. The summed E-state index contributed by atoms with van der Waals surface area (Å²) in [5.41, 5.74) is 1.73. The number of amides is 1. The summed E-state index contributed by atoms with van der Waals surface area (Å²) < 4.78 is 16.4. The summed E-state index contributed by atoms with van der Waals surface area (Å²) in [7, 11) is 1.63. The lowest BCUT2D eigenvalue weighted by Crippen LogP contribution is -2.37. The number of hydrogen-bond donors (Lipinski definition) is 1. The molecule has 1 aliphatic heterocycles. The number of rotatable bonds is 7. The van der Waals surface area contributed by atoms with Crippen LogP contribution in [0.1, 0.15) is 22.8 Å². The van der Waals surface area contributed by atoms with E-state index in [9.17, 15) is 9.59 Å². The smallest absolute Gasteiger partial charge is 0.257 e. The van der Waals surface area contributed by atoms with Gasteiger partial charge in [0.05, 0.1) is 13.7 Å². The number of carbonyl (C=O) groups is 2. The van der Waals surface area contributed by atoms with Gasteiger partial charge in [0.15, 0.2) is 12.4 Å². The fraction of sp³-hybridized carbons (Fsp3) is 0.333.